The average Bonchev–Trinajstić information content (AvgIpc) is 2.48. The summed E-state index contributed by atoms with van der Waals surface area (Å²) in [6.07, 6.45) is 0.924. The highest BCUT2D eigenvalue weighted by atomic mass is 32.1. The number of fused-ring (bicyclic) bond motifs is 1. The fraction of sp³-hybridized carbons (Fsp3) is 0.467. The molecule has 1 aromatic rings. The smallest absolute Gasteiger partial charge is 0.232 e. The second-order valence-electron chi connectivity index (χ2n) is 5.51. The Labute approximate surface area is 129 Å². The number of rotatable bonds is 3. The molecule has 2 heterocycles. The van der Waals surface area contributed by atoms with Crippen LogP contribution in [0, 0.1) is 5.92 Å². The van der Waals surface area contributed by atoms with Crippen molar-refractivity contribution in [3.63, 3.8) is 0 Å². The van der Waals surface area contributed by atoms with E-state index in [9.17, 15) is 4.79 Å². The molecule has 2 unspecified atom stereocenters. The van der Waals surface area contributed by atoms with Crippen LogP contribution >= 0.6 is 12.2 Å². The predicted octanol–water partition coefficient (Wildman–Crippen LogP) is 0.890. The summed E-state index contributed by atoms with van der Waals surface area (Å²) < 4.78 is 5.39. The third kappa shape index (κ3) is 3.01. The van der Waals surface area contributed by atoms with Crippen molar-refractivity contribution in [2.24, 2.45) is 5.92 Å². The van der Waals surface area contributed by atoms with E-state index in [0.717, 1.165) is 37.4 Å². The van der Waals surface area contributed by atoms with Gasteiger partial charge in [-0.25, -0.2) is 0 Å². The second-order valence-corrected chi connectivity index (χ2v) is 5.92. The normalized spacial score (nSPS) is 25.8. The standard InChI is InChI=1S/C15H19N3O2S/c1-20-13-5-3-2-4-10(13)8-18-7-6-12-11(9-18)14(19)17-15(21)16-12/h2-5,11-12H,6-9H2,1H3,(H2,16,17,19,21). The highest BCUT2D eigenvalue weighted by molar-refractivity contribution is 7.80. The summed E-state index contributed by atoms with van der Waals surface area (Å²) in [5.74, 6) is 0.889. The molecule has 2 aliphatic heterocycles. The number of para-hydroxylation sites is 1. The summed E-state index contributed by atoms with van der Waals surface area (Å²) in [7, 11) is 1.69. The molecule has 0 spiro atoms. The van der Waals surface area contributed by atoms with Crippen LogP contribution in [0.2, 0.25) is 0 Å². The highest BCUT2D eigenvalue weighted by Crippen LogP contribution is 2.24. The van der Waals surface area contributed by atoms with Crippen molar-refractivity contribution in [1.82, 2.24) is 15.5 Å². The van der Waals surface area contributed by atoms with Gasteiger partial charge >= 0.3 is 0 Å². The van der Waals surface area contributed by atoms with Crippen molar-refractivity contribution in [2.75, 3.05) is 20.2 Å². The molecule has 0 saturated carbocycles. The number of thiocarbonyl (C=S) groups is 1. The van der Waals surface area contributed by atoms with Crippen LogP contribution in [0.3, 0.4) is 0 Å². The van der Waals surface area contributed by atoms with Crippen LogP contribution in [0.25, 0.3) is 0 Å². The van der Waals surface area contributed by atoms with Crippen LogP contribution in [0.5, 0.6) is 5.75 Å². The number of hydrogen-bond donors (Lipinski definition) is 2. The van der Waals surface area contributed by atoms with Crippen molar-refractivity contribution in [3.8, 4) is 5.75 Å². The van der Waals surface area contributed by atoms with Gasteiger partial charge in [0.05, 0.1) is 13.0 Å². The second kappa shape index (κ2) is 5.99. The number of nitrogens with zero attached hydrogens (tertiary/aromatic N) is 1. The van der Waals surface area contributed by atoms with Crippen LogP contribution in [0.4, 0.5) is 0 Å². The van der Waals surface area contributed by atoms with Crippen molar-refractivity contribution in [1.29, 1.82) is 0 Å². The van der Waals surface area contributed by atoms with E-state index in [1.807, 2.05) is 18.2 Å². The van der Waals surface area contributed by atoms with Crippen LogP contribution < -0.4 is 15.4 Å². The Morgan fingerprint density at radius 3 is 3.05 bits per heavy atom. The first-order valence-corrected chi connectivity index (χ1v) is 7.54. The van der Waals surface area contributed by atoms with Gasteiger partial charge in [-0.05, 0) is 24.7 Å². The minimum absolute atomic E-state index is 0.0356. The lowest BCUT2D eigenvalue weighted by Crippen LogP contribution is -2.63. The SMILES string of the molecule is COc1ccccc1CN1CCC2NC(=S)NC(=O)C2C1. The van der Waals surface area contributed by atoms with E-state index in [0.29, 0.717) is 5.11 Å². The van der Waals surface area contributed by atoms with E-state index in [-0.39, 0.29) is 17.9 Å². The molecule has 0 radical (unpaired) electrons. The minimum atomic E-state index is -0.0415. The maximum absolute atomic E-state index is 12.1. The third-order valence-electron chi connectivity index (χ3n) is 4.17. The summed E-state index contributed by atoms with van der Waals surface area (Å²) in [6.45, 7) is 2.48. The van der Waals surface area contributed by atoms with Crippen LogP contribution in [0.15, 0.2) is 24.3 Å². The Balaban J connectivity index is 1.69. The molecule has 3 rings (SSSR count). The maximum atomic E-state index is 12.1. The van der Waals surface area contributed by atoms with Gasteiger partial charge in [-0.1, -0.05) is 18.2 Å². The molecule has 0 aliphatic carbocycles. The van der Waals surface area contributed by atoms with E-state index in [1.54, 1.807) is 7.11 Å². The molecule has 0 bridgehead atoms. The number of carbonyl (C=O) groups excluding carboxylic acids is 1. The van der Waals surface area contributed by atoms with Crippen molar-refractivity contribution in [2.45, 2.75) is 19.0 Å². The number of piperidine rings is 1. The van der Waals surface area contributed by atoms with Crippen LogP contribution in [0.1, 0.15) is 12.0 Å². The quantitative estimate of drug-likeness (QED) is 0.812. The van der Waals surface area contributed by atoms with Gasteiger partial charge in [0.2, 0.25) is 5.91 Å². The first-order valence-electron chi connectivity index (χ1n) is 7.13. The zero-order valence-corrected chi connectivity index (χ0v) is 12.8. The zero-order valence-electron chi connectivity index (χ0n) is 12.0. The largest absolute Gasteiger partial charge is 0.496 e. The number of amides is 1. The molecule has 1 amide bonds. The van der Waals surface area contributed by atoms with E-state index in [2.05, 4.69) is 21.6 Å². The Morgan fingerprint density at radius 2 is 2.24 bits per heavy atom. The van der Waals surface area contributed by atoms with E-state index < -0.39 is 0 Å². The van der Waals surface area contributed by atoms with Crippen molar-refractivity contribution < 1.29 is 9.53 Å². The lowest BCUT2D eigenvalue weighted by Gasteiger charge is -2.41. The van der Waals surface area contributed by atoms with E-state index in [1.165, 1.54) is 0 Å². The number of nitrogens with one attached hydrogen (secondary N) is 2. The number of hydrogen-bond acceptors (Lipinski definition) is 4. The molecular weight excluding hydrogens is 286 g/mol. The van der Waals surface area contributed by atoms with Gasteiger partial charge in [-0.15, -0.1) is 0 Å². The monoisotopic (exact) mass is 305 g/mol. The first-order chi connectivity index (χ1) is 10.2. The summed E-state index contributed by atoms with van der Waals surface area (Å²) in [6, 6.07) is 8.18. The van der Waals surface area contributed by atoms with Crippen LogP contribution in [-0.2, 0) is 11.3 Å². The number of methoxy groups -OCH3 is 1. The number of benzene rings is 1. The maximum Gasteiger partial charge on any atom is 0.232 e. The van der Waals surface area contributed by atoms with Gasteiger partial charge < -0.3 is 15.4 Å². The Morgan fingerprint density at radius 1 is 1.43 bits per heavy atom. The molecule has 2 fully saturated rings. The lowest BCUT2D eigenvalue weighted by atomic mass is 9.89. The van der Waals surface area contributed by atoms with Gasteiger partial charge in [0.1, 0.15) is 5.75 Å². The predicted molar refractivity (Wildman–Crippen MR) is 84.0 cm³/mol. The average molecular weight is 305 g/mol. The van der Waals surface area contributed by atoms with Crippen molar-refractivity contribution in [3.05, 3.63) is 29.8 Å². The third-order valence-corrected chi connectivity index (χ3v) is 4.39. The fourth-order valence-electron chi connectivity index (χ4n) is 3.09. The minimum Gasteiger partial charge on any atom is -0.496 e. The lowest BCUT2D eigenvalue weighted by molar-refractivity contribution is -0.127. The molecule has 2 aliphatic rings. The summed E-state index contributed by atoms with van der Waals surface area (Å²) in [4.78, 5) is 14.4. The van der Waals surface area contributed by atoms with E-state index >= 15 is 0 Å². The molecule has 2 N–H and O–H groups in total. The van der Waals surface area contributed by atoms with Crippen molar-refractivity contribution >= 4 is 23.2 Å². The zero-order chi connectivity index (χ0) is 14.8. The molecule has 1 aromatic carbocycles. The van der Waals surface area contributed by atoms with Gasteiger partial charge in [0.25, 0.3) is 0 Å². The highest BCUT2D eigenvalue weighted by Gasteiger charge is 2.38. The summed E-state index contributed by atoms with van der Waals surface area (Å²) >= 11 is 5.05. The number of ether oxygens (including phenoxy) is 1. The molecule has 6 heteroatoms. The van der Waals surface area contributed by atoms with Gasteiger partial charge in [0, 0.05) is 31.2 Å². The topological polar surface area (TPSA) is 53.6 Å². The Bertz CT molecular complexity index is 564. The molecule has 5 nitrogen and oxygen atoms in total. The number of carbonyl (C=O) groups is 1. The molecule has 0 aromatic heterocycles. The Kier molecular flexibility index (Phi) is 4.07. The number of likely N-dealkylation sites (tertiary alicyclic amines) is 1. The Hall–Kier alpha value is -1.66. The summed E-state index contributed by atoms with van der Waals surface area (Å²) in [5, 5.41) is 6.38. The van der Waals surface area contributed by atoms with Gasteiger partial charge in [0.15, 0.2) is 5.11 Å². The van der Waals surface area contributed by atoms with Gasteiger partial charge in [-0.2, -0.15) is 0 Å². The molecular formula is C15H19N3O2S. The van der Waals surface area contributed by atoms with E-state index in [4.69, 9.17) is 17.0 Å². The molecule has 2 atom stereocenters. The van der Waals surface area contributed by atoms with Gasteiger partial charge in [-0.3, -0.25) is 9.69 Å². The fourth-order valence-corrected chi connectivity index (χ4v) is 3.34. The van der Waals surface area contributed by atoms with Crippen LogP contribution in [-0.4, -0.2) is 42.2 Å². The first kappa shape index (κ1) is 14.3. The molecule has 112 valence electrons. The molecule has 2 saturated heterocycles. The molecule has 21 heavy (non-hydrogen) atoms. The summed E-state index contributed by atoms with van der Waals surface area (Å²) in [5.41, 5.74) is 1.15.